The zero-order chi connectivity index (χ0) is 22.5. The summed E-state index contributed by atoms with van der Waals surface area (Å²) in [5.41, 5.74) is 7.67. The maximum atomic E-state index is 5.03. The van der Waals surface area contributed by atoms with Gasteiger partial charge in [-0.05, 0) is 53.1 Å². The SMILES string of the molecule is Cc1cccc(N(C)C)c1Pc1ccccc1N=Cc1c(C(C)C)cccc1C(C)C. The first-order chi connectivity index (χ1) is 14.8. The van der Waals surface area contributed by atoms with Gasteiger partial charge in [0.2, 0.25) is 0 Å². The average molecular weight is 431 g/mol. The van der Waals surface area contributed by atoms with Crippen LogP contribution in [0.25, 0.3) is 0 Å². The number of rotatable bonds is 7. The minimum atomic E-state index is 0.465. The third kappa shape index (κ3) is 5.43. The lowest BCUT2D eigenvalue weighted by Gasteiger charge is -2.20. The van der Waals surface area contributed by atoms with Crippen molar-refractivity contribution >= 4 is 36.8 Å². The van der Waals surface area contributed by atoms with Crippen molar-refractivity contribution in [1.82, 2.24) is 0 Å². The molecule has 3 heteroatoms. The van der Waals surface area contributed by atoms with Gasteiger partial charge in [0.15, 0.2) is 0 Å². The van der Waals surface area contributed by atoms with Crippen molar-refractivity contribution in [3.8, 4) is 0 Å². The van der Waals surface area contributed by atoms with Gasteiger partial charge in [0.1, 0.15) is 0 Å². The highest BCUT2D eigenvalue weighted by Gasteiger charge is 2.13. The highest BCUT2D eigenvalue weighted by atomic mass is 31.1. The van der Waals surface area contributed by atoms with E-state index in [-0.39, 0.29) is 0 Å². The number of aliphatic imine (C=N–C) groups is 1. The van der Waals surface area contributed by atoms with Crippen molar-refractivity contribution in [3.05, 3.63) is 82.9 Å². The van der Waals surface area contributed by atoms with Crippen LogP contribution in [-0.2, 0) is 0 Å². The Labute approximate surface area is 190 Å². The second-order valence-corrected chi connectivity index (χ2v) is 10.2. The van der Waals surface area contributed by atoms with Gasteiger partial charge in [-0.1, -0.05) is 84.8 Å². The molecule has 0 saturated heterocycles. The Kier molecular flexibility index (Phi) is 7.68. The van der Waals surface area contributed by atoms with E-state index < -0.39 is 0 Å². The number of benzene rings is 3. The number of hydrogen-bond acceptors (Lipinski definition) is 2. The third-order valence-electron chi connectivity index (χ3n) is 5.65. The molecular weight excluding hydrogens is 395 g/mol. The number of anilines is 1. The second kappa shape index (κ2) is 10.2. The Morgan fingerprint density at radius 1 is 0.806 bits per heavy atom. The lowest BCUT2D eigenvalue weighted by atomic mass is 9.89. The average Bonchev–Trinajstić information content (AvgIpc) is 2.73. The van der Waals surface area contributed by atoms with Crippen molar-refractivity contribution in [2.75, 3.05) is 19.0 Å². The molecule has 0 N–H and O–H groups in total. The molecular formula is C28H35N2P. The Bertz CT molecular complexity index is 1040. The topological polar surface area (TPSA) is 15.6 Å². The molecule has 0 spiro atoms. The first-order valence-electron chi connectivity index (χ1n) is 11.1. The fraction of sp³-hybridized carbons (Fsp3) is 0.321. The van der Waals surface area contributed by atoms with Gasteiger partial charge < -0.3 is 4.90 Å². The van der Waals surface area contributed by atoms with Crippen LogP contribution >= 0.6 is 8.58 Å². The minimum Gasteiger partial charge on any atom is -0.377 e. The zero-order valence-corrected chi connectivity index (χ0v) is 20.9. The van der Waals surface area contributed by atoms with Crippen LogP contribution in [0.2, 0.25) is 0 Å². The van der Waals surface area contributed by atoms with Crippen LogP contribution in [0.1, 0.15) is 61.8 Å². The fourth-order valence-electron chi connectivity index (χ4n) is 3.91. The molecule has 1 unspecified atom stereocenters. The van der Waals surface area contributed by atoms with E-state index in [1.54, 1.807) is 0 Å². The van der Waals surface area contributed by atoms with Gasteiger partial charge in [-0.25, -0.2) is 0 Å². The van der Waals surface area contributed by atoms with Crippen molar-refractivity contribution in [2.24, 2.45) is 4.99 Å². The molecule has 3 aromatic carbocycles. The molecule has 0 fully saturated rings. The van der Waals surface area contributed by atoms with E-state index >= 15 is 0 Å². The fourth-order valence-corrected chi connectivity index (χ4v) is 5.35. The van der Waals surface area contributed by atoms with Crippen LogP contribution < -0.4 is 15.5 Å². The molecule has 0 aromatic heterocycles. The van der Waals surface area contributed by atoms with Crippen LogP contribution in [0.5, 0.6) is 0 Å². The summed E-state index contributed by atoms with van der Waals surface area (Å²) < 4.78 is 0. The van der Waals surface area contributed by atoms with Gasteiger partial charge in [-0.2, -0.15) is 0 Å². The van der Waals surface area contributed by atoms with Crippen molar-refractivity contribution in [3.63, 3.8) is 0 Å². The number of nitrogens with zero attached hydrogens (tertiary/aromatic N) is 2. The monoisotopic (exact) mass is 430 g/mol. The zero-order valence-electron chi connectivity index (χ0n) is 19.9. The van der Waals surface area contributed by atoms with Gasteiger partial charge in [0.25, 0.3) is 0 Å². The van der Waals surface area contributed by atoms with Crippen LogP contribution in [0, 0.1) is 6.92 Å². The molecule has 0 bridgehead atoms. The molecule has 1 atom stereocenters. The first-order valence-corrected chi connectivity index (χ1v) is 12.1. The molecule has 31 heavy (non-hydrogen) atoms. The lowest BCUT2D eigenvalue weighted by Crippen LogP contribution is -2.19. The Hall–Kier alpha value is -2.44. The molecule has 2 nitrogen and oxygen atoms in total. The molecule has 0 amide bonds. The number of aryl methyl sites for hydroxylation is 1. The van der Waals surface area contributed by atoms with Crippen molar-refractivity contribution in [1.29, 1.82) is 0 Å². The molecule has 162 valence electrons. The van der Waals surface area contributed by atoms with Crippen LogP contribution in [0.15, 0.2) is 65.7 Å². The summed E-state index contributed by atoms with van der Waals surface area (Å²) in [6.07, 6.45) is 2.10. The number of hydrogen-bond donors (Lipinski definition) is 0. The largest absolute Gasteiger partial charge is 0.377 e. The summed E-state index contributed by atoms with van der Waals surface area (Å²) in [6.45, 7) is 11.2. The van der Waals surface area contributed by atoms with E-state index in [1.165, 1.54) is 38.6 Å². The Balaban J connectivity index is 2.03. The maximum Gasteiger partial charge on any atom is 0.0707 e. The van der Waals surface area contributed by atoms with Crippen LogP contribution in [0.3, 0.4) is 0 Å². The molecule has 0 aliphatic rings. The van der Waals surface area contributed by atoms with E-state index in [1.807, 2.05) is 0 Å². The van der Waals surface area contributed by atoms with E-state index in [2.05, 4.69) is 120 Å². The predicted octanol–water partition coefficient (Wildman–Crippen LogP) is 6.69. The maximum absolute atomic E-state index is 5.03. The van der Waals surface area contributed by atoms with Crippen molar-refractivity contribution < 1.29 is 0 Å². The third-order valence-corrected chi connectivity index (χ3v) is 7.24. The smallest absolute Gasteiger partial charge is 0.0707 e. The standard InChI is InChI=1S/C28H35N2P/c1-19(2)22-13-11-14-23(20(3)4)24(22)18-29-25-15-8-9-17-27(25)31-28-21(5)12-10-16-26(28)30(6)7/h8-20,31H,1-7H3. The minimum absolute atomic E-state index is 0.465. The Morgan fingerprint density at radius 3 is 2.03 bits per heavy atom. The summed E-state index contributed by atoms with van der Waals surface area (Å²) >= 11 is 0. The predicted molar refractivity (Wildman–Crippen MR) is 141 cm³/mol. The summed E-state index contributed by atoms with van der Waals surface area (Å²) in [7, 11) is 4.79. The van der Waals surface area contributed by atoms with E-state index in [0.29, 0.717) is 20.4 Å². The lowest BCUT2D eigenvalue weighted by molar-refractivity contribution is 0.830. The molecule has 0 aliphatic carbocycles. The van der Waals surface area contributed by atoms with Gasteiger partial charge >= 0.3 is 0 Å². The Morgan fingerprint density at radius 2 is 1.42 bits per heavy atom. The quantitative estimate of drug-likeness (QED) is 0.301. The van der Waals surface area contributed by atoms with E-state index in [4.69, 9.17) is 4.99 Å². The van der Waals surface area contributed by atoms with Gasteiger partial charge in [-0.3, -0.25) is 4.99 Å². The summed E-state index contributed by atoms with van der Waals surface area (Å²) in [5, 5.41) is 2.67. The molecule has 3 aromatic rings. The highest BCUT2D eigenvalue weighted by Crippen LogP contribution is 2.29. The summed E-state index contributed by atoms with van der Waals surface area (Å²) in [5.74, 6) is 0.929. The molecule has 0 radical (unpaired) electrons. The first kappa shape index (κ1) is 23.2. The van der Waals surface area contributed by atoms with Gasteiger partial charge in [0, 0.05) is 36.6 Å². The van der Waals surface area contributed by atoms with E-state index in [0.717, 1.165) is 5.69 Å². The van der Waals surface area contributed by atoms with Crippen LogP contribution in [-0.4, -0.2) is 20.3 Å². The highest BCUT2D eigenvalue weighted by molar-refractivity contribution is 7.56. The second-order valence-electron chi connectivity index (χ2n) is 8.92. The summed E-state index contributed by atoms with van der Waals surface area (Å²) in [4.78, 5) is 7.23. The summed E-state index contributed by atoms with van der Waals surface area (Å²) in [6, 6.07) is 21.8. The van der Waals surface area contributed by atoms with Gasteiger partial charge in [-0.15, -0.1) is 0 Å². The molecule has 3 rings (SSSR count). The normalized spacial score (nSPS) is 12.0. The number of para-hydroxylation sites is 1. The van der Waals surface area contributed by atoms with Crippen LogP contribution in [0.4, 0.5) is 11.4 Å². The van der Waals surface area contributed by atoms with E-state index in [9.17, 15) is 0 Å². The molecule has 0 aliphatic heterocycles. The molecule has 0 heterocycles. The van der Waals surface area contributed by atoms with Crippen molar-refractivity contribution in [2.45, 2.75) is 46.5 Å². The van der Waals surface area contributed by atoms with Gasteiger partial charge in [0.05, 0.1) is 5.69 Å². The molecule has 0 saturated carbocycles.